The molecule has 0 heterocycles. The van der Waals surface area contributed by atoms with E-state index in [4.69, 9.17) is 0 Å². The van der Waals surface area contributed by atoms with Crippen LogP contribution in [0.1, 0.15) is 0 Å². The molecule has 0 amide bonds. The third-order valence-corrected chi connectivity index (χ3v) is 0. The van der Waals surface area contributed by atoms with Crippen molar-refractivity contribution in [2.75, 3.05) is 0 Å². The van der Waals surface area contributed by atoms with E-state index >= 15 is 0 Å². The van der Waals surface area contributed by atoms with Gasteiger partial charge in [0.25, 0.3) is 0 Å². The molecule has 8 heteroatoms. The van der Waals surface area contributed by atoms with Crippen molar-refractivity contribution in [3.63, 3.8) is 0 Å². The average Bonchev–Trinajstić information content (AvgIpc) is 0. The molecule has 0 aromatic heterocycles. The van der Waals surface area contributed by atoms with E-state index in [1.165, 1.54) is 0 Å². The summed E-state index contributed by atoms with van der Waals surface area (Å²) in [6.45, 7) is 0. The van der Waals surface area contributed by atoms with Gasteiger partial charge in [0, 0.05) is 206 Å². The molecule has 0 N–H and O–H groups in total. The molecule has 57 valence electrons. The maximum atomic E-state index is 0. The van der Waals surface area contributed by atoms with Gasteiger partial charge >= 0.3 is 0 Å². The zero-order valence-electron chi connectivity index (χ0n) is 3.04. The van der Waals surface area contributed by atoms with Crippen LogP contribution in [0.2, 0.25) is 0 Å². The minimum atomic E-state index is 0. The van der Waals surface area contributed by atoms with E-state index in [2.05, 4.69) is 0 Å². The minimum Gasteiger partial charge on any atom is 0 e. The molecule has 0 unspecified atom stereocenters. The van der Waals surface area contributed by atoms with Gasteiger partial charge < -0.3 is 0 Å². The zero-order chi connectivity index (χ0) is 0. The number of rotatable bonds is 0. The van der Waals surface area contributed by atoms with Crippen LogP contribution in [0.15, 0.2) is 0 Å². The van der Waals surface area contributed by atoms with E-state index in [1.807, 2.05) is 0 Å². The Labute approximate surface area is 200 Å². The quantitative estimate of drug-likeness (QED) is 0.321. The molecule has 0 bridgehead atoms. The second-order valence-corrected chi connectivity index (χ2v) is 0. The van der Waals surface area contributed by atoms with Crippen molar-refractivity contribution >= 4 is 0 Å². The molecule has 0 atom stereocenters. The van der Waals surface area contributed by atoms with Crippen LogP contribution < -0.4 is 0 Å². The Morgan fingerprint density at radius 2 is 0.250 bits per heavy atom. The topological polar surface area (TPSA) is 0 Å². The van der Waals surface area contributed by atoms with E-state index in [0.717, 1.165) is 0 Å². The first kappa shape index (κ1) is 60.5. The summed E-state index contributed by atoms with van der Waals surface area (Å²) in [6.07, 6.45) is 0. The first-order valence-electron chi connectivity index (χ1n) is 0. The summed E-state index contributed by atoms with van der Waals surface area (Å²) >= 11 is 0. The van der Waals surface area contributed by atoms with E-state index < -0.39 is 0 Å². The Hall–Kier alpha value is 6.88. The fourth-order valence-electron chi connectivity index (χ4n) is 0. The van der Waals surface area contributed by atoms with Gasteiger partial charge in [0.05, 0.1) is 0 Å². The fourth-order valence-corrected chi connectivity index (χ4v) is 0. The molecule has 8 heavy (non-hydrogen) atoms. The first-order chi connectivity index (χ1) is 0. The second-order valence-electron chi connectivity index (χ2n) is 0. The molecule has 0 spiro atoms. The Balaban J connectivity index is 0. The molecular formula is Ir3Pu5. The van der Waals surface area contributed by atoms with Crippen LogP contribution in [0, 0.1) is 146 Å². The van der Waals surface area contributed by atoms with E-state index in [-0.39, 0.29) is 206 Å². The van der Waals surface area contributed by atoms with E-state index in [0.29, 0.717) is 0 Å². The first-order valence-corrected chi connectivity index (χ1v) is 0. The van der Waals surface area contributed by atoms with Crippen LogP contribution in [0.4, 0.5) is 0 Å². The summed E-state index contributed by atoms with van der Waals surface area (Å²) < 4.78 is 0. The molecule has 0 fully saturated rings. The third-order valence-electron chi connectivity index (χ3n) is 0. The van der Waals surface area contributed by atoms with Crippen LogP contribution in [0.5, 0.6) is 0 Å². The normalized spacial score (nSPS) is 0. The Morgan fingerprint density at radius 3 is 0.250 bits per heavy atom. The van der Waals surface area contributed by atoms with Crippen molar-refractivity contribution < 1.29 is 206 Å². The van der Waals surface area contributed by atoms with Gasteiger partial charge in [0.2, 0.25) is 0 Å². The predicted octanol–water partition coefficient (Wildman–Crippen LogP) is -0.00750. The van der Waals surface area contributed by atoms with Crippen molar-refractivity contribution in [2.45, 2.75) is 0 Å². The molecular weight excluding hydrogens is 1800 g/mol. The molecule has 0 saturated heterocycles. The SMILES string of the molecule is [Ir].[Ir].[Ir].[Pu].[Pu].[Pu].[Pu].[Pu]. The van der Waals surface area contributed by atoms with Gasteiger partial charge in [-0.05, 0) is 0 Å². The summed E-state index contributed by atoms with van der Waals surface area (Å²) in [5.74, 6) is 0. The van der Waals surface area contributed by atoms with Gasteiger partial charge in [0.15, 0.2) is 0 Å². The maximum absolute atomic E-state index is 0. The van der Waals surface area contributed by atoms with Crippen LogP contribution in [0.3, 0.4) is 0 Å². The third kappa shape index (κ3) is 38.4. The van der Waals surface area contributed by atoms with E-state index in [9.17, 15) is 0 Å². The summed E-state index contributed by atoms with van der Waals surface area (Å²) in [5.41, 5.74) is 0. The van der Waals surface area contributed by atoms with Crippen molar-refractivity contribution in [3.8, 4) is 0 Å². The molecule has 3 radical (unpaired) electrons. The Morgan fingerprint density at radius 1 is 0.250 bits per heavy atom. The minimum absolute atomic E-state index is 0. The molecule has 0 saturated carbocycles. The average molecular weight is 1800 g/mol. The molecule has 0 aliphatic heterocycles. The van der Waals surface area contributed by atoms with Gasteiger partial charge in [0.1, 0.15) is 0 Å². The van der Waals surface area contributed by atoms with Gasteiger partial charge in [-0.15, -0.1) is 0 Å². The predicted molar refractivity (Wildman–Crippen MR) is 0 cm³/mol. The van der Waals surface area contributed by atoms with Gasteiger partial charge in [-0.3, -0.25) is 0 Å². The Kier molecular flexibility index (Phi) is 368. The summed E-state index contributed by atoms with van der Waals surface area (Å²) in [7, 11) is 0. The van der Waals surface area contributed by atoms with Crippen molar-refractivity contribution in [3.05, 3.63) is 0 Å². The summed E-state index contributed by atoms with van der Waals surface area (Å²) in [6, 6.07) is 0. The standard InChI is InChI=1S/3Ir.5Pu. The molecule has 0 nitrogen and oxygen atoms in total. The van der Waals surface area contributed by atoms with Crippen LogP contribution in [-0.2, 0) is 60.3 Å². The van der Waals surface area contributed by atoms with Gasteiger partial charge in [-0.1, -0.05) is 0 Å². The van der Waals surface area contributed by atoms with Gasteiger partial charge in [-0.25, -0.2) is 0 Å². The smallest absolute Gasteiger partial charge is 0 e. The Bertz CT molecular complexity index is 7.64. The van der Waals surface area contributed by atoms with Crippen LogP contribution in [0.25, 0.3) is 0 Å². The summed E-state index contributed by atoms with van der Waals surface area (Å²) in [5, 5.41) is 0. The van der Waals surface area contributed by atoms with Crippen LogP contribution >= 0.6 is 0 Å². The van der Waals surface area contributed by atoms with Gasteiger partial charge in [-0.2, -0.15) is 0 Å². The molecule has 0 aromatic rings. The number of hydrogen-bond acceptors (Lipinski definition) is 0. The molecule has 0 aliphatic rings. The molecule has 0 aliphatic carbocycles. The molecule has 0 aromatic carbocycles. The maximum Gasteiger partial charge on any atom is 0 e. The van der Waals surface area contributed by atoms with E-state index in [1.54, 1.807) is 0 Å². The van der Waals surface area contributed by atoms with Crippen molar-refractivity contribution in [1.82, 2.24) is 0 Å². The van der Waals surface area contributed by atoms with Crippen LogP contribution in [-0.4, -0.2) is 0 Å². The van der Waals surface area contributed by atoms with Crippen molar-refractivity contribution in [2.24, 2.45) is 0 Å². The summed E-state index contributed by atoms with van der Waals surface area (Å²) in [4.78, 5) is 0. The fraction of sp³-hybridized carbons (Fsp3) is 0. The zero-order valence-corrected chi connectivity index (χ0v) is 27.2. The number of hydrogen-bond donors (Lipinski definition) is 0. The monoisotopic (exact) mass is 1770 g/mol. The second kappa shape index (κ2) is 48.6. The van der Waals surface area contributed by atoms with Crippen molar-refractivity contribution in [1.29, 1.82) is 0 Å². The largest absolute Gasteiger partial charge is 0 e. The molecule has 0 rings (SSSR count).